The van der Waals surface area contributed by atoms with Crippen LogP contribution in [0.25, 0.3) is 0 Å². The van der Waals surface area contributed by atoms with Gasteiger partial charge in [-0.1, -0.05) is 54.6 Å². The van der Waals surface area contributed by atoms with E-state index in [0.717, 1.165) is 38.2 Å². The summed E-state index contributed by atoms with van der Waals surface area (Å²) in [5.41, 5.74) is 4.09. The zero-order chi connectivity index (χ0) is 22.3. The van der Waals surface area contributed by atoms with E-state index in [9.17, 15) is 9.59 Å². The van der Waals surface area contributed by atoms with E-state index in [1.54, 1.807) is 18.2 Å². The molecule has 0 unspecified atom stereocenters. The molecule has 5 nitrogen and oxygen atoms in total. The lowest BCUT2D eigenvalue weighted by atomic mass is 10.1. The van der Waals surface area contributed by atoms with Gasteiger partial charge in [0.2, 0.25) is 0 Å². The first kappa shape index (κ1) is 21.8. The fraction of sp³-hybridized carbons (Fsp3) is 0.259. The van der Waals surface area contributed by atoms with Crippen LogP contribution in [0.5, 0.6) is 0 Å². The SMILES string of the molecule is Cc1ccc(C(=O)N2CCCN(Cc3ccccc3)CC2)cc1NC(=O)c1ccccc1. The minimum atomic E-state index is -0.176. The van der Waals surface area contributed by atoms with Gasteiger partial charge in [0.1, 0.15) is 0 Å². The third kappa shape index (κ3) is 5.42. The number of aryl methyl sites for hydroxylation is 1. The number of benzene rings is 3. The van der Waals surface area contributed by atoms with E-state index in [2.05, 4.69) is 34.5 Å². The molecule has 2 amide bonds. The molecule has 3 aromatic rings. The van der Waals surface area contributed by atoms with Crippen LogP contribution in [-0.2, 0) is 6.54 Å². The van der Waals surface area contributed by atoms with E-state index in [4.69, 9.17) is 0 Å². The van der Waals surface area contributed by atoms with Crippen molar-refractivity contribution >= 4 is 17.5 Å². The van der Waals surface area contributed by atoms with Crippen LogP contribution in [0.3, 0.4) is 0 Å². The van der Waals surface area contributed by atoms with Crippen molar-refractivity contribution in [2.24, 2.45) is 0 Å². The highest BCUT2D eigenvalue weighted by Crippen LogP contribution is 2.20. The number of carbonyl (C=O) groups is 2. The number of carbonyl (C=O) groups excluding carboxylic acids is 2. The summed E-state index contributed by atoms with van der Waals surface area (Å²) in [5.74, 6) is -0.161. The van der Waals surface area contributed by atoms with Crippen LogP contribution in [0.1, 0.15) is 38.3 Å². The van der Waals surface area contributed by atoms with Crippen molar-refractivity contribution in [1.82, 2.24) is 9.80 Å². The monoisotopic (exact) mass is 427 g/mol. The molecule has 164 valence electrons. The van der Waals surface area contributed by atoms with Crippen molar-refractivity contribution in [2.75, 3.05) is 31.5 Å². The van der Waals surface area contributed by atoms with Gasteiger partial charge in [-0.15, -0.1) is 0 Å². The molecule has 3 aromatic carbocycles. The number of nitrogens with one attached hydrogen (secondary N) is 1. The molecule has 0 radical (unpaired) electrons. The summed E-state index contributed by atoms with van der Waals surface area (Å²) in [6, 6.07) is 25.1. The van der Waals surface area contributed by atoms with E-state index in [1.165, 1.54) is 5.56 Å². The molecule has 1 aliphatic rings. The summed E-state index contributed by atoms with van der Waals surface area (Å²) in [4.78, 5) is 30.1. The first-order chi connectivity index (χ1) is 15.6. The van der Waals surface area contributed by atoms with Crippen LogP contribution in [0.4, 0.5) is 5.69 Å². The molecule has 0 atom stereocenters. The van der Waals surface area contributed by atoms with Gasteiger partial charge in [-0.2, -0.15) is 0 Å². The molecule has 5 heteroatoms. The van der Waals surface area contributed by atoms with Crippen molar-refractivity contribution in [1.29, 1.82) is 0 Å². The largest absolute Gasteiger partial charge is 0.337 e. The van der Waals surface area contributed by atoms with Crippen LogP contribution in [0.2, 0.25) is 0 Å². The molecule has 0 aromatic heterocycles. The average molecular weight is 428 g/mol. The molecule has 0 spiro atoms. The second-order valence-electron chi connectivity index (χ2n) is 8.26. The standard InChI is InChI=1S/C27H29N3O2/c1-21-13-14-24(19-25(21)28-26(31)23-11-6-3-7-12-23)27(32)30-16-8-15-29(17-18-30)20-22-9-4-2-5-10-22/h2-7,9-14,19H,8,15-18,20H2,1H3,(H,28,31). The Morgan fingerprint density at radius 1 is 0.812 bits per heavy atom. The minimum Gasteiger partial charge on any atom is -0.337 e. The second kappa shape index (κ2) is 10.2. The predicted octanol–water partition coefficient (Wildman–Crippen LogP) is 4.60. The lowest BCUT2D eigenvalue weighted by Gasteiger charge is -2.22. The van der Waals surface area contributed by atoms with E-state index in [1.807, 2.05) is 48.2 Å². The Hall–Kier alpha value is -3.44. The van der Waals surface area contributed by atoms with Gasteiger partial charge in [0.05, 0.1) is 0 Å². The van der Waals surface area contributed by atoms with Gasteiger partial charge in [-0.3, -0.25) is 14.5 Å². The molecule has 32 heavy (non-hydrogen) atoms. The van der Waals surface area contributed by atoms with E-state index in [0.29, 0.717) is 23.4 Å². The van der Waals surface area contributed by atoms with Crippen LogP contribution < -0.4 is 5.32 Å². The van der Waals surface area contributed by atoms with Crippen LogP contribution >= 0.6 is 0 Å². The Morgan fingerprint density at radius 3 is 2.28 bits per heavy atom. The Labute approximate surface area is 189 Å². The third-order valence-corrected chi connectivity index (χ3v) is 5.89. The van der Waals surface area contributed by atoms with E-state index >= 15 is 0 Å². The number of rotatable bonds is 5. The lowest BCUT2D eigenvalue weighted by Crippen LogP contribution is -2.35. The first-order valence-electron chi connectivity index (χ1n) is 11.1. The zero-order valence-corrected chi connectivity index (χ0v) is 18.5. The maximum atomic E-state index is 13.2. The van der Waals surface area contributed by atoms with Crippen LogP contribution in [-0.4, -0.2) is 47.8 Å². The fourth-order valence-electron chi connectivity index (χ4n) is 4.03. The molecule has 1 N–H and O–H groups in total. The summed E-state index contributed by atoms with van der Waals surface area (Å²) in [7, 11) is 0. The quantitative estimate of drug-likeness (QED) is 0.648. The molecule has 0 saturated carbocycles. The molecule has 0 aliphatic carbocycles. The molecule has 1 saturated heterocycles. The van der Waals surface area contributed by atoms with Gasteiger partial charge in [-0.05, 0) is 48.7 Å². The summed E-state index contributed by atoms with van der Waals surface area (Å²) < 4.78 is 0. The summed E-state index contributed by atoms with van der Waals surface area (Å²) in [6.07, 6.45) is 0.946. The van der Waals surface area contributed by atoms with Gasteiger partial charge in [0.15, 0.2) is 0 Å². The van der Waals surface area contributed by atoms with E-state index in [-0.39, 0.29) is 11.8 Å². The smallest absolute Gasteiger partial charge is 0.255 e. The molecule has 1 fully saturated rings. The average Bonchev–Trinajstić information content (AvgIpc) is 3.07. The Morgan fingerprint density at radius 2 is 1.53 bits per heavy atom. The minimum absolute atomic E-state index is 0.0155. The molecular weight excluding hydrogens is 398 g/mol. The second-order valence-corrected chi connectivity index (χ2v) is 8.26. The Balaban J connectivity index is 1.41. The van der Waals surface area contributed by atoms with Gasteiger partial charge < -0.3 is 10.2 Å². The Bertz CT molecular complexity index is 1070. The van der Waals surface area contributed by atoms with Crippen LogP contribution in [0.15, 0.2) is 78.9 Å². The number of amides is 2. The highest BCUT2D eigenvalue weighted by atomic mass is 16.2. The third-order valence-electron chi connectivity index (χ3n) is 5.89. The summed E-state index contributed by atoms with van der Waals surface area (Å²) >= 11 is 0. The number of nitrogens with zero attached hydrogens (tertiary/aromatic N) is 2. The number of anilines is 1. The lowest BCUT2D eigenvalue weighted by molar-refractivity contribution is 0.0761. The van der Waals surface area contributed by atoms with Gasteiger partial charge in [-0.25, -0.2) is 0 Å². The topological polar surface area (TPSA) is 52.7 Å². The normalized spacial score (nSPS) is 14.6. The maximum Gasteiger partial charge on any atom is 0.255 e. The van der Waals surface area contributed by atoms with E-state index < -0.39 is 0 Å². The van der Waals surface area contributed by atoms with Crippen molar-refractivity contribution < 1.29 is 9.59 Å². The highest BCUT2D eigenvalue weighted by Gasteiger charge is 2.21. The van der Waals surface area contributed by atoms with Gasteiger partial charge in [0.25, 0.3) is 11.8 Å². The van der Waals surface area contributed by atoms with Gasteiger partial charge >= 0.3 is 0 Å². The number of hydrogen-bond acceptors (Lipinski definition) is 3. The fourth-order valence-corrected chi connectivity index (χ4v) is 4.03. The zero-order valence-electron chi connectivity index (χ0n) is 18.5. The summed E-state index contributed by atoms with van der Waals surface area (Å²) in [6.45, 7) is 6.11. The van der Waals surface area contributed by atoms with Crippen molar-refractivity contribution in [3.8, 4) is 0 Å². The van der Waals surface area contributed by atoms with Crippen molar-refractivity contribution in [2.45, 2.75) is 19.9 Å². The molecule has 1 heterocycles. The molecule has 1 aliphatic heterocycles. The highest BCUT2D eigenvalue weighted by molar-refractivity contribution is 6.05. The van der Waals surface area contributed by atoms with Crippen molar-refractivity contribution in [3.05, 3.63) is 101 Å². The predicted molar refractivity (Wildman–Crippen MR) is 128 cm³/mol. The molecule has 4 rings (SSSR count). The van der Waals surface area contributed by atoms with Gasteiger partial charge in [0, 0.05) is 49.5 Å². The van der Waals surface area contributed by atoms with Crippen LogP contribution in [0, 0.1) is 6.92 Å². The van der Waals surface area contributed by atoms with Crippen molar-refractivity contribution in [3.63, 3.8) is 0 Å². The number of hydrogen-bond donors (Lipinski definition) is 1. The Kier molecular flexibility index (Phi) is 6.97. The first-order valence-corrected chi connectivity index (χ1v) is 11.1. The maximum absolute atomic E-state index is 13.2. The molecule has 0 bridgehead atoms. The molecular formula is C27H29N3O2. The summed E-state index contributed by atoms with van der Waals surface area (Å²) in [5, 5.41) is 2.95.